The number of halogens is 1. The second-order valence-corrected chi connectivity index (χ2v) is 8.95. The van der Waals surface area contributed by atoms with Gasteiger partial charge in [0.15, 0.2) is 5.82 Å². The summed E-state index contributed by atoms with van der Waals surface area (Å²) in [5.41, 5.74) is 2.71. The van der Waals surface area contributed by atoms with E-state index >= 15 is 0 Å². The molecule has 0 spiro atoms. The number of hydrogen-bond acceptors (Lipinski definition) is 9. The summed E-state index contributed by atoms with van der Waals surface area (Å²) < 4.78 is 11.0. The minimum atomic E-state index is -0.590. The molecule has 1 amide bonds. The third-order valence-corrected chi connectivity index (χ3v) is 6.14. The molecule has 0 radical (unpaired) electrons. The standard InChI is InChI=1S/C26H29ClN6O4/c1-32(2)25(35)23(34)19-7-5-4-6-17(19)15-28-24-20(27)16-29-26(31-24)30-21-9-8-18(14-22(21)36-3)33-10-12-37-13-11-33/h4-9,14,16H,10-13,15H2,1-3H3,(H2,28,29,30,31). The number of methoxy groups -OCH3 is 1. The normalized spacial score (nSPS) is 13.1. The molecule has 0 aliphatic carbocycles. The molecule has 2 heterocycles. The second kappa shape index (κ2) is 11.9. The van der Waals surface area contributed by atoms with Crippen LogP contribution in [0.2, 0.25) is 5.02 Å². The zero-order chi connectivity index (χ0) is 26.4. The number of morpholine rings is 1. The molecule has 1 aliphatic rings. The minimum Gasteiger partial charge on any atom is -0.494 e. The number of ether oxygens (including phenoxy) is 2. The van der Waals surface area contributed by atoms with E-state index in [9.17, 15) is 9.59 Å². The van der Waals surface area contributed by atoms with Gasteiger partial charge in [0.05, 0.1) is 32.2 Å². The molecule has 37 heavy (non-hydrogen) atoms. The molecule has 1 fully saturated rings. The summed E-state index contributed by atoms with van der Waals surface area (Å²) in [5.74, 6) is 0.175. The molecule has 0 saturated carbocycles. The molecular formula is C26H29ClN6O4. The molecule has 1 aliphatic heterocycles. The van der Waals surface area contributed by atoms with E-state index in [0.29, 0.717) is 52.6 Å². The molecule has 0 atom stereocenters. The molecule has 0 bridgehead atoms. The molecule has 2 aromatic carbocycles. The Morgan fingerprint density at radius 1 is 1.16 bits per heavy atom. The maximum atomic E-state index is 12.6. The van der Waals surface area contributed by atoms with Gasteiger partial charge in [0.2, 0.25) is 5.95 Å². The molecule has 4 rings (SSSR count). The quantitative estimate of drug-likeness (QED) is 0.320. The van der Waals surface area contributed by atoms with Crippen LogP contribution in [0.25, 0.3) is 0 Å². The monoisotopic (exact) mass is 524 g/mol. The van der Waals surface area contributed by atoms with Gasteiger partial charge in [-0.3, -0.25) is 9.59 Å². The third kappa shape index (κ3) is 6.28. The predicted molar refractivity (Wildman–Crippen MR) is 143 cm³/mol. The molecule has 1 aromatic heterocycles. The first kappa shape index (κ1) is 26.2. The third-order valence-electron chi connectivity index (χ3n) is 5.86. The topological polar surface area (TPSA) is 109 Å². The van der Waals surface area contributed by atoms with Crippen molar-refractivity contribution in [2.75, 3.05) is 63.0 Å². The Kier molecular flexibility index (Phi) is 8.42. The number of likely N-dealkylation sites (N-methyl/N-ethyl adjacent to an activating group) is 1. The highest BCUT2D eigenvalue weighted by molar-refractivity contribution is 6.43. The number of rotatable bonds is 9. The highest BCUT2D eigenvalue weighted by Crippen LogP contribution is 2.32. The van der Waals surface area contributed by atoms with E-state index < -0.39 is 11.7 Å². The van der Waals surface area contributed by atoms with Gasteiger partial charge in [0, 0.05) is 51.0 Å². The van der Waals surface area contributed by atoms with Crippen LogP contribution in [0.4, 0.5) is 23.1 Å². The van der Waals surface area contributed by atoms with Crippen molar-refractivity contribution in [1.82, 2.24) is 14.9 Å². The lowest BCUT2D eigenvalue weighted by Crippen LogP contribution is -2.36. The van der Waals surface area contributed by atoms with Crippen LogP contribution in [0.5, 0.6) is 5.75 Å². The Morgan fingerprint density at radius 3 is 2.65 bits per heavy atom. The van der Waals surface area contributed by atoms with Crippen molar-refractivity contribution in [3.05, 3.63) is 64.8 Å². The number of aromatic nitrogens is 2. The average Bonchev–Trinajstić information content (AvgIpc) is 2.93. The Morgan fingerprint density at radius 2 is 1.92 bits per heavy atom. The van der Waals surface area contributed by atoms with Gasteiger partial charge in [-0.15, -0.1) is 0 Å². The summed E-state index contributed by atoms with van der Waals surface area (Å²) in [6.07, 6.45) is 1.49. The van der Waals surface area contributed by atoms with Gasteiger partial charge < -0.3 is 29.9 Å². The largest absolute Gasteiger partial charge is 0.494 e. The fourth-order valence-electron chi connectivity index (χ4n) is 3.87. The zero-order valence-electron chi connectivity index (χ0n) is 21.0. The lowest BCUT2D eigenvalue weighted by atomic mass is 10.0. The molecule has 2 N–H and O–H groups in total. The number of carbonyl (C=O) groups is 2. The van der Waals surface area contributed by atoms with Crippen molar-refractivity contribution < 1.29 is 19.1 Å². The van der Waals surface area contributed by atoms with Gasteiger partial charge in [-0.05, 0) is 17.7 Å². The van der Waals surface area contributed by atoms with Crippen LogP contribution in [0.3, 0.4) is 0 Å². The summed E-state index contributed by atoms with van der Waals surface area (Å²) in [5, 5.41) is 6.65. The Balaban J connectivity index is 1.50. The number of carbonyl (C=O) groups excluding carboxylic acids is 2. The SMILES string of the molecule is COc1cc(N2CCOCC2)ccc1Nc1ncc(Cl)c(NCc2ccccc2C(=O)C(=O)N(C)C)n1. The van der Waals surface area contributed by atoms with Crippen LogP contribution in [0.1, 0.15) is 15.9 Å². The van der Waals surface area contributed by atoms with Gasteiger partial charge in [0.25, 0.3) is 11.7 Å². The number of amides is 1. The number of Topliss-reactive ketones (excluding diaryl/α,β-unsaturated/α-hetero) is 1. The van der Waals surface area contributed by atoms with E-state index in [1.165, 1.54) is 11.1 Å². The molecule has 10 nitrogen and oxygen atoms in total. The van der Waals surface area contributed by atoms with Crippen LogP contribution in [-0.2, 0) is 16.1 Å². The van der Waals surface area contributed by atoms with Crippen LogP contribution in [-0.4, -0.2) is 74.1 Å². The summed E-state index contributed by atoms with van der Waals surface area (Å²) in [7, 11) is 4.70. The number of nitrogens with one attached hydrogen (secondary N) is 2. The van der Waals surface area contributed by atoms with E-state index in [1.807, 2.05) is 18.2 Å². The van der Waals surface area contributed by atoms with Gasteiger partial charge in [-0.25, -0.2) is 4.98 Å². The first-order valence-electron chi connectivity index (χ1n) is 11.8. The lowest BCUT2D eigenvalue weighted by Gasteiger charge is -2.29. The Hall–Kier alpha value is -3.89. The van der Waals surface area contributed by atoms with E-state index in [0.717, 1.165) is 18.8 Å². The molecule has 11 heteroatoms. The minimum absolute atomic E-state index is 0.233. The first-order chi connectivity index (χ1) is 17.9. The fraction of sp³-hybridized carbons (Fsp3) is 0.308. The Bertz CT molecular complexity index is 1280. The van der Waals surface area contributed by atoms with Crippen LogP contribution < -0.4 is 20.3 Å². The summed E-state index contributed by atoms with van der Waals surface area (Å²) in [4.78, 5) is 37.1. The van der Waals surface area contributed by atoms with Crippen LogP contribution >= 0.6 is 11.6 Å². The van der Waals surface area contributed by atoms with Crippen LogP contribution in [0.15, 0.2) is 48.7 Å². The molecule has 194 valence electrons. The number of anilines is 4. The molecule has 0 unspecified atom stereocenters. The smallest absolute Gasteiger partial charge is 0.294 e. The first-order valence-corrected chi connectivity index (χ1v) is 12.1. The lowest BCUT2D eigenvalue weighted by molar-refractivity contribution is -0.124. The van der Waals surface area contributed by atoms with Crippen molar-refractivity contribution in [2.24, 2.45) is 0 Å². The number of benzene rings is 2. The van der Waals surface area contributed by atoms with E-state index in [4.69, 9.17) is 21.1 Å². The Labute approximate surface area is 220 Å². The number of hydrogen-bond donors (Lipinski definition) is 2. The van der Waals surface area contributed by atoms with Crippen molar-refractivity contribution in [3.8, 4) is 5.75 Å². The van der Waals surface area contributed by atoms with Crippen LogP contribution in [0, 0.1) is 0 Å². The summed E-state index contributed by atoms with van der Waals surface area (Å²) >= 11 is 6.34. The maximum Gasteiger partial charge on any atom is 0.294 e. The van der Waals surface area contributed by atoms with E-state index in [-0.39, 0.29) is 6.54 Å². The fourth-order valence-corrected chi connectivity index (χ4v) is 4.02. The van der Waals surface area contributed by atoms with Crippen molar-refractivity contribution >= 4 is 46.4 Å². The maximum absolute atomic E-state index is 12.6. The van der Waals surface area contributed by atoms with E-state index in [1.54, 1.807) is 45.5 Å². The van der Waals surface area contributed by atoms with Gasteiger partial charge in [0.1, 0.15) is 10.8 Å². The number of nitrogens with zero attached hydrogens (tertiary/aromatic N) is 4. The molecule has 3 aromatic rings. The van der Waals surface area contributed by atoms with Crippen molar-refractivity contribution in [2.45, 2.75) is 6.54 Å². The summed E-state index contributed by atoms with van der Waals surface area (Å²) in [6, 6.07) is 12.8. The average molecular weight is 525 g/mol. The predicted octanol–water partition coefficient (Wildman–Crippen LogP) is 3.60. The molecular weight excluding hydrogens is 496 g/mol. The summed E-state index contributed by atoms with van der Waals surface area (Å²) in [6.45, 7) is 3.27. The second-order valence-electron chi connectivity index (χ2n) is 8.54. The van der Waals surface area contributed by atoms with Crippen molar-refractivity contribution in [1.29, 1.82) is 0 Å². The van der Waals surface area contributed by atoms with Crippen molar-refractivity contribution in [3.63, 3.8) is 0 Å². The van der Waals surface area contributed by atoms with Gasteiger partial charge >= 0.3 is 0 Å². The van der Waals surface area contributed by atoms with Gasteiger partial charge in [-0.1, -0.05) is 35.9 Å². The molecule has 1 saturated heterocycles. The van der Waals surface area contributed by atoms with Gasteiger partial charge in [-0.2, -0.15) is 4.98 Å². The number of ketones is 1. The van der Waals surface area contributed by atoms with E-state index in [2.05, 4.69) is 25.5 Å². The highest BCUT2D eigenvalue weighted by Gasteiger charge is 2.21. The highest BCUT2D eigenvalue weighted by atomic mass is 35.5. The zero-order valence-corrected chi connectivity index (χ0v) is 21.7.